The molecule has 0 spiro atoms. The molecule has 0 atom stereocenters. The van der Waals surface area contributed by atoms with Crippen LogP contribution in [-0.2, 0) is 47.3 Å². The molecule has 0 radical (unpaired) electrons. The maximum absolute atomic E-state index is 12.5. The van der Waals surface area contributed by atoms with E-state index in [2.05, 4.69) is 72.5 Å². The lowest BCUT2D eigenvalue weighted by Crippen LogP contribution is -2.29. The SMILES string of the molecule is C=CC(=O)OCc1ccc(N(c2ccccc2)c2ccc3c(c2)C(c2ccc(OC(=O)C=C)cc2)(c2ccc(OC(=O)C=C)cc2)c2cc(N(c4ccccc4)c4ccc(COC(=O)C=C)cc4)ccc2-3)cc1. The summed E-state index contributed by atoms with van der Waals surface area (Å²) >= 11 is 0. The number of hydrogen-bond acceptors (Lipinski definition) is 10. The van der Waals surface area contributed by atoms with Crippen LogP contribution in [0.5, 0.6) is 11.5 Å². The van der Waals surface area contributed by atoms with Crippen LogP contribution in [0.2, 0.25) is 0 Å². The van der Waals surface area contributed by atoms with Gasteiger partial charge < -0.3 is 28.7 Å². The van der Waals surface area contributed by atoms with E-state index in [4.69, 9.17) is 18.9 Å². The number of benzene rings is 8. The van der Waals surface area contributed by atoms with Gasteiger partial charge in [-0.05, 0) is 142 Å². The minimum Gasteiger partial charge on any atom is -0.458 e. The second kappa shape index (κ2) is 21.5. The number of hydrogen-bond donors (Lipinski definition) is 0. The van der Waals surface area contributed by atoms with Crippen molar-refractivity contribution in [2.45, 2.75) is 18.6 Å². The van der Waals surface area contributed by atoms with Crippen molar-refractivity contribution in [2.75, 3.05) is 9.80 Å². The zero-order chi connectivity index (χ0) is 50.9. The van der Waals surface area contributed by atoms with Gasteiger partial charge in [-0.3, -0.25) is 0 Å². The zero-order valence-corrected chi connectivity index (χ0v) is 39.7. The second-order valence-electron chi connectivity index (χ2n) is 16.8. The van der Waals surface area contributed by atoms with Crippen LogP contribution < -0.4 is 19.3 Å². The molecule has 0 heterocycles. The third kappa shape index (κ3) is 9.99. The monoisotopic (exact) mass is 960 g/mol. The number of esters is 4. The van der Waals surface area contributed by atoms with Gasteiger partial charge in [-0.25, -0.2) is 19.2 Å². The van der Waals surface area contributed by atoms with Crippen molar-refractivity contribution in [3.05, 3.63) is 278 Å². The summed E-state index contributed by atoms with van der Waals surface area (Å²) in [6.07, 6.45) is 4.53. The van der Waals surface area contributed by atoms with Gasteiger partial charge in [0.05, 0.1) is 5.41 Å². The predicted octanol–water partition coefficient (Wildman–Crippen LogP) is 13.6. The molecule has 0 aromatic heterocycles. The molecule has 73 heavy (non-hydrogen) atoms. The summed E-state index contributed by atoms with van der Waals surface area (Å²) in [6, 6.07) is 63.7. The summed E-state index contributed by atoms with van der Waals surface area (Å²) < 4.78 is 21.9. The van der Waals surface area contributed by atoms with Gasteiger partial charge in [0, 0.05) is 58.4 Å². The van der Waals surface area contributed by atoms with E-state index in [-0.39, 0.29) is 13.2 Å². The third-order valence-electron chi connectivity index (χ3n) is 12.5. The number of rotatable bonds is 18. The van der Waals surface area contributed by atoms with Crippen LogP contribution in [0.1, 0.15) is 33.4 Å². The predicted molar refractivity (Wildman–Crippen MR) is 285 cm³/mol. The Hall–Kier alpha value is -9.80. The highest BCUT2D eigenvalue weighted by Gasteiger charge is 2.47. The molecule has 10 heteroatoms. The highest BCUT2D eigenvalue weighted by Crippen LogP contribution is 2.59. The van der Waals surface area contributed by atoms with Gasteiger partial charge in [-0.1, -0.05) is 123 Å². The first-order valence-electron chi connectivity index (χ1n) is 23.3. The van der Waals surface area contributed by atoms with E-state index in [1.54, 1.807) is 24.3 Å². The zero-order valence-electron chi connectivity index (χ0n) is 39.7. The van der Waals surface area contributed by atoms with E-state index in [0.29, 0.717) is 11.5 Å². The standard InChI is InChI=1S/C63H48N2O8/c1-5-59(66)70-41-43-19-27-49(28-20-43)64(47-15-11-9-12-16-47)51-31-37-55-56-38-32-52(65(48-17-13-10-14-18-48)50-29-21-44(22-30-50)42-71-60(67)6-2)40-58(56)63(57(55)39-51,45-23-33-53(34-24-45)72-61(68)7-3)46-25-35-54(36-26-46)73-62(69)8-4/h5-40H,1-4,41-42H2. The van der Waals surface area contributed by atoms with Gasteiger partial charge in [-0.2, -0.15) is 0 Å². The summed E-state index contributed by atoms with van der Waals surface area (Å²) in [5.41, 5.74) is 11.3. The molecular formula is C63H48N2O8. The van der Waals surface area contributed by atoms with E-state index in [0.717, 1.165) is 103 Å². The lowest BCUT2D eigenvalue weighted by Gasteiger charge is -2.36. The molecule has 0 saturated carbocycles. The number of para-hydroxylation sites is 2. The van der Waals surface area contributed by atoms with E-state index >= 15 is 0 Å². The van der Waals surface area contributed by atoms with Crippen LogP contribution in [0.3, 0.4) is 0 Å². The van der Waals surface area contributed by atoms with Crippen LogP contribution in [0.15, 0.2) is 245 Å². The van der Waals surface area contributed by atoms with Gasteiger partial charge in [0.15, 0.2) is 0 Å². The molecular weight excluding hydrogens is 913 g/mol. The number of fused-ring (bicyclic) bond motifs is 3. The molecule has 10 nitrogen and oxygen atoms in total. The minimum absolute atomic E-state index is 0.0927. The molecule has 0 fully saturated rings. The Balaban J connectivity index is 1.28. The van der Waals surface area contributed by atoms with Gasteiger partial charge in [0.1, 0.15) is 24.7 Å². The Morgan fingerprint density at radius 3 is 1.05 bits per heavy atom. The van der Waals surface area contributed by atoms with Crippen molar-refractivity contribution in [3.8, 4) is 22.6 Å². The van der Waals surface area contributed by atoms with Crippen molar-refractivity contribution in [3.63, 3.8) is 0 Å². The van der Waals surface area contributed by atoms with Crippen LogP contribution in [0.25, 0.3) is 11.1 Å². The van der Waals surface area contributed by atoms with Gasteiger partial charge >= 0.3 is 23.9 Å². The Bertz CT molecular complexity index is 3140. The number of anilines is 6. The van der Waals surface area contributed by atoms with Crippen molar-refractivity contribution in [2.24, 2.45) is 0 Å². The first-order chi connectivity index (χ1) is 35.6. The molecule has 1 aliphatic carbocycles. The minimum atomic E-state index is -1.07. The van der Waals surface area contributed by atoms with Crippen LogP contribution in [0, 0.1) is 0 Å². The van der Waals surface area contributed by atoms with Crippen molar-refractivity contribution >= 4 is 58.0 Å². The lowest BCUT2D eigenvalue weighted by molar-refractivity contribution is -0.139. The third-order valence-corrected chi connectivity index (χ3v) is 12.5. The summed E-state index contributed by atoms with van der Waals surface area (Å²) in [7, 11) is 0. The Morgan fingerprint density at radius 1 is 0.384 bits per heavy atom. The summed E-state index contributed by atoms with van der Waals surface area (Å²) in [5.74, 6) is -1.50. The van der Waals surface area contributed by atoms with Crippen LogP contribution >= 0.6 is 0 Å². The molecule has 0 amide bonds. The van der Waals surface area contributed by atoms with Crippen LogP contribution in [0.4, 0.5) is 34.1 Å². The Kier molecular flexibility index (Phi) is 14.2. The lowest BCUT2D eigenvalue weighted by atomic mass is 9.67. The highest BCUT2D eigenvalue weighted by atomic mass is 16.5. The topological polar surface area (TPSA) is 112 Å². The normalized spacial score (nSPS) is 11.7. The quantitative estimate of drug-likeness (QED) is 0.0468. The van der Waals surface area contributed by atoms with Gasteiger partial charge in [0.25, 0.3) is 0 Å². The smallest absolute Gasteiger partial charge is 0.335 e. The molecule has 9 rings (SSSR count). The maximum atomic E-state index is 12.5. The fraction of sp³-hybridized carbons (Fsp3) is 0.0476. The molecule has 0 N–H and O–H groups in total. The fourth-order valence-electron chi connectivity index (χ4n) is 9.19. The van der Waals surface area contributed by atoms with Gasteiger partial charge in [0.2, 0.25) is 0 Å². The molecule has 8 aromatic carbocycles. The first-order valence-corrected chi connectivity index (χ1v) is 23.3. The molecule has 1 aliphatic rings. The molecule has 0 unspecified atom stereocenters. The average Bonchev–Trinajstić information content (AvgIpc) is 3.73. The first kappa shape index (κ1) is 48.2. The van der Waals surface area contributed by atoms with Crippen LogP contribution in [-0.4, -0.2) is 23.9 Å². The van der Waals surface area contributed by atoms with Crippen molar-refractivity contribution in [1.29, 1.82) is 0 Å². The van der Waals surface area contributed by atoms with E-state index < -0.39 is 29.3 Å². The Morgan fingerprint density at radius 2 is 0.712 bits per heavy atom. The number of ether oxygens (including phenoxy) is 4. The number of carbonyl (C=O) groups excluding carboxylic acids is 4. The van der Waals surface area contributed by atoms with Crippen molar-refractivity contribution < 1.29 is 38.1 Å². The van der Waals surface area contributed by atoms with Crippen molar-refractivity contribution in [1.82, 2.24) is 0 Å². The van der Waals surface area contributed by atoms with E-state index in [1.807, 2.05) is 133 Å². The average molecular weight is 961 g/mol. The maximum Gasteiger partial charge on any atom is 0.335 e. The Labute approximate surface area is 423 Å². The van der Waals surface area contributed by atoms with E-state index in [9.17, 15) is 19.2 Å². The number of carbonyl (C=O) groups is 4. The summed E-state index contributed by atoms with van der Waals surface area (Å²) in [4.78, 5) is 53.2. The molecule has 358 valence electrons. The molecule has 0 aliphatic heterocycles. The second-order valence-corrected chi connectivity index (χ2v) is 16.8. The van der Waals surface area contributed by atoms with Gasteiger partial charge in [-0.15, -0.1) is 0 Å². The van der Waals surface area contributed by atoms with E-state index in [1.165, 1.54) is 0 Å². The largest absolute Gasteiger partial charge is 0.458 e. The molecule has 0 saturated heterocycles. The highest BCUT2D eigenvalue weighted by molar-refractivity contribution is 5.92. The molecule has 8 aromatic rings. The fourth-order valence-corrected chi connectivity index (χ4v) is 9.19. The molecule has 0 bridgehead atoms. The summed E-state index contributed by atoms with van der Waals surface area (Å²) in [5, 5.41) is 0. The number of nitrogens with zero attached hydrogens (tertiary/aromatic N) is 2. The summed E-state index contributed by atoms with van der Waals surface area (Å²) in [6.45, 7) is 14.4.